The van der Waals surface area contributed by atoms with E-state index in [9.17, 15) is 4.79 Å². The Labute approximate surface area is 122 Å². The Morgan fingerprint density at radius 1 is 1.26 bits per heavy atom. The molecule has 0 unspecified atom stereocenters. The van der Waals surface area contributed by atoms with Crippen LogP contribution in [0.2, 0.25) is 0 Å². The van der Waals surface area contributed by atoms with E-state index in [2.05, 4.69) is 39.3 Å². The van der Waals surface area contributed by atoms with Crippen LogP contribution in [0.4, 0.5) is 0 Å². The molecule has 1 aliphatic heterocycles. The van der Waals surface area contributed by atoms with Crippen molar-refractivity contribution in [2.24, 2.45) is 0 Å². The molecule has 0 atom stereocenters. The number of rotatable bonds is 4. The van der Waals surface area contributed by atoms with Crippen LogP contribution < -0.4 is 5.32 Å². The highest BCUT2D eigenvalue weighted by atomic mass is 79.9. The molecule has 0 aromatic heterocycles. The Morgan fingerprint density at radius 3 is 2.63 bits per heavy atom. The maximum Gasteiger partial charge on any atom is 0.236 e. The van der Waals surface area contributed by atoms with Gasteiger partial charge in [-0.05, 0) is 18.7 Å². The first-order valence-corrected chi connectivity index (χ1v) is 7.36. The molecule has 0 radical (unpaired) electrons. The Balaban J connectivity index is 1.74. The van der Waals surface area contributed by atoms with Crippen molar-refractivity contribution in [2.45, 2.75) is 6.54 Å². The molecule has 0 bridgehead atoms. The number of benzene rings is 1. The molecule has 0 saturated carbocycles. The molecule has 4 nitrogen and oxygen atoms in total. The van der Waals surface area contributed by atoms with Crippen LogP contribution in [0.5, 0.6) is 0 Å². The third-order valence-electron chi connectivity index (χ3n) is 3.41. The molecule has 1 aromatic carbocycles. The van der Waals surface area contributed by atoms with E-state index in [0.717, 1.165) is 30.7 Å². The number of amides is 1. The van der Waals surface area contributed by atoms with Crippen molar-refractivity contribution in [3.05, 3.63) is 34.3 Å². The van der Waals surface area contributed by atoms with Gasteiger partial charge in [0.25, 0.3) is 0 Å². The summed E-state index contributed by atoms with van der Waals surface area (Å²) in [5, 5.41) is 3.22. The van der Waals surface area contributed by atoms with Crippen molar-refractivity contribution in [2.75, 3.05) is 39.8 Å². The molecule has 2 rings (SSSR count). The topological polar surface area (TPSA) is 35.6 Å². The van der Waals surface area contributed by atoms with E-state index in [4.69, 9.17) is 0 Å². The van der Waals surface area contributed by atoms with Crippen LogP contribution in [0, 0.1) is 0 Å². The van der Waals surface area contributed by atoms with E-state index in [1.165, 1.54) is 5.56 Å². The third-order valence-corrected chi connectivity index (χ3v) is 4.18. The first kappa shape index (κ1) is 14.5. The molecule has 1 heterocycles. The lowest BCUT2D eigenvalue weighted by Gasteiger charge is -2.32. The van der Waals surface area contributed by atoms with Crippen LogP contribution in [0.15, 0.2) is 28.7 Å². The highest BCUT2D eigenvalue weighted by Crippen LogP contribution is 2.15. The van der Waals surface area contributed by atoms with Crippen molar-refractivity contribution in [3.8, 4) is 0 Å². The zero-order valence-corrected chi connectivity index (χ0v) is 12.8. The van der Waals surface area contributed by atoms with Crippen LogP contribution in [-0.4, -0.2) is 55.5 Å². The SMILES string of the molecule is CN1CCN(C(=O)CNCc2ccccc2Br)CC1. The Bertz CT molecular complexity index is 430. The number of carbonyl (C=O) groups excluding carboxylic acids is 1. The number of hydrogen-bond acceptors (Lipinski definition) is 3. The smallest absolute Gasteiger partial charge is 0.236 e. The van der Waals surface area contributed by atoms with Crippen molar-refractivity contribution in [1.82, 2.24) is 15.1 Å². The first-order chi connectivity index (χ1) is 9.16. The monoisotopic (exact) mass is 325 g/mol. The Kier molecular flexibility index (Phi) is 5.36. The number of nitrogens with one attached hydrogen (secondary N) is 1. The second-order valence-electron chi connectivity index (χ2n) is 4.88. The van der Waals surface area contributed by atoms with Crippen molar-refractivity contribution >= 4 is 21.8 Å². The number of piperazine rings is 1. The third kappa shape index (κ3) is 4.30. The van der Waals surface area contributed by atoms with Crippen LogP contribution >= 0.6 is 15.9 Å². The van der Waals surface area contributed by atoms with E-state index < -0.39 is 0 Å². The van der Waals surface area contributed by atoms with Gasteiger partial charge in [0, 0.05) is 37.2 Å². The minimum absolute atomic E-state index is 0.195. The fraction of sp³-hybridized carbons (Fsp3) is 0.500. The van der Waals surface area contributed by atoms with Crippen LogP contribution in [0.1, 0.15) is 5.56 Å². The van der Waals surface area contributed by atoms with Crippen LogP contribution in [-0.2, 0) is 11.3 Å². The quantitative estimate of drug-likeness (QED) is 0.906. The fourth-order valence-electron chi connectivity index (χ4n) is 2.11. The molecule has 1 saturated heterocycles. The minimum atomic E-state index is 0.195. The van der Waals surface area contributed by atoms with Crippen LogP contribution in [0.3, 0.4) is 0 Å². The van der Waals surface area contributed by atoms with Gasteiger partial charge < -0.3 is 15.1 Å². The largest absolute Gasteiger partial charge is 0.339 e. The van der Waals surface area contributed by atoms with Gasteiger partial charge in [0.15, 0.2) is 0 Å². The lowest BCUT2D eigenvalue weighted by Crippen LogP contribution is -2.49. The molecule has 0 aliphatic carbocycles. The molecule has 19 heavy (non-hydrogen) atoms. The van der Waals surface area contributed by atoms with E-state index >= 15 is 0 Å². The lowest BCUT2D eigenvalue weighted by molar-refractivity contribution is -0.131. The summed E-state index contributed by atoms with van der Waals surface area (Å²) in [7, 11) is 2.09. The van der Waals surface area contributed by atoms with Gasteiger partial charge >= 0.3 is 0 Å². The predicted octanol–water partition coefficient (Wildman–Crippen LogP) is 1.31. The van der Waals surface area contributed by atoms with E-state index in [1.54, 1.807) is 0 Å². The van der Waals surface area contributed by atoms with Crippen molar-refractivity contribution < 1.29 is 4.79 Å². The van der Waals surface area contributed by atoms with Crippen molar-refractivity contribution in [3.63, 3.8) is 0 Å². The normalized spacial score (nSPS) is 16.6. The summed E-state index contributed by atoms with van der Waals surface area (Å²) in [4.78, 5) is 16.2. The molecule has 1 fully saturated rings. The second-order valence-corrected chi connectivity index (χ2v) is 5.73. The van der Waals surface area contributed by atoms with E-state index in [1.807, 2.05) is 23.1 Å². The van der Waals surface area contributed by atoms with Gasteiger partial charge in [-0.25, -0.2) is 0 Å². The lowest BCUT2D eigenvalue weighted by atomic mass is 10.2. The molecule has 0 spiro atoms. The molecule has 1 aromatic rings. The summed E-state index contributed by atoms with van der Waals surface area (Å²) >= 11 is 3.51. The first-order valence-electron chi connectivity index (χ1n) is 6.57. The maximum atomic E-state index is 12.0. The van der Waals surface area contributed by atoms with E-state index in [-0.39, 0.29) is 5.91 Å². The van der Waals surface area contributed by atoms with Crippen LogP contribution in [0.25, 0.3) is 0 Å². The fourth-order valence-corrected chi connectivity index (χ4v) is 2.54. The van der Waals surface area contributed by atoms with Gasteiger partial charge in [0.1, 0.15) is 0 Å². The Morgan fingerprint density at radius 2 is 1.95 bits per heavy atom. The minimum Gasteiger partial charge on any atom is -0.339 e. The zero-order valence-electron chi connectivity index (χ0n) is 11.2. The summed E-state index contributed by atoms with van der Waals surface area (Å²) in [5.41, 5.74) is 1.17. The highest BCUT2D eigenvalue weighted by molar-refractivity contribution is 9.10. The summed E-state index contributed by atoms with van der Waals surface area (Å²) in [6.07, 6.45) is 0. The molecule has 104 valence electrons. The van der Waals surface area contributed by atoms with Gasteiger partial charge in [-0.2, -0.15) is 0 Å². The van der Waals surface area contributed by atoms with Gasteiger partial charge in [0.05, 0.1) is 6.54 Å². The number of nitrogens with zero attached hydrogens (tertiary/aromatic N) is 2. The van der Waals surface area contributed by atoms with Gasteiger partial charge in [0.2, 0.25) is 5.91 Å². The number of carbonyl (C=O) groups is 1. The maximum absolute atomic E-state index is 12.0. The molecule has 1 N–H and O–H groups in total. The molecule has 5 heteroatoms. The predicted molar refractivity (Wildman–Crippen MR) is 79.9 cm³/mol. The van der Waals surface area contributed by atoms with E-state index in [0.29, 0.717) is 13.1 Å². The average molecular weight is 326 g/mol. The van der Waals surface area contributed by atoms with Gasteiger partial charge in [-0.15, -0.1) is 0 Å². The molecule has 1 amide bonds. The highest BCUT2D eigenvalue weighted by Gasteiger charge is 2.18. The van der Waals surface area contributed by atoms with Gasteiger partial charge in [-0.3, -0.25) is 4.79 Å². The average Bonchev–Trinajstić information content (AvgIpc) is 2.41. The van der Waals surface area contributed by atoms with Crippen molar-refractivity contribution in [1.29, 1.82) is 0 Å². The zero-order chi connectivity index (χ0) is 13.7. The molecule has 1 aliphatic rings. The summed E-state index contributed by atoms with van der Waals surface area (Å²) in [6, 6.07) is 8.06. The number of halogens is 1. The standard InChI is InChI=1S/C14H20BrN3O/c1-17-6-8-18(9-7-17)14(19)11-16-10-12-4-2-3-5-13(12)15/h2-5,16H,6-11H2,1H3. The molecular weight excluding hydrogens is 306 g/mol. The second kappa shape index (κ2) is 7.03. The number of likely N-dealkylation sites (N-methyl/N-ethyl adjacent to an activating group) is 1. The molecular formula is C14H20BrN3O. The summed E-state index contributed by atoms with van der Waals surface area (Å²) < 4.78 is 1.08. The summed E-state index contributed by atoms with van der Waals surface area (Å²) in [5.74, 6) is 0.195. The van der Waals surface area contributed by atoms with Gasteiger partial charge in [-0.1, -0.05) is 34.1 Å². The Hall–Kier alpha value is -0.910. The number of hydrogen-bond donors (Lipinski definition) is 1. The summed E-state index contributed by atoms with van der Waals surface area (Å²) in [6.45, 7) is 4.73.